The summed E-state index contributed by atoms with van der Waals surface area (Å²) in [6.45, 7) is 0. The SMILES string of the molecule is O=[N+]([O-])c1cc(Cl)cc2ccoc12. The average Bonchev–Trinajstić information content (AvgIpc) is 2.49. The molecule has 0 amide bonds. The highest BCUT2D eigenvalue weighted by Crippen LogP contribution is 2.30. The van der Waals surface area contributed by atoms with Gasteiger partial charge in [0, 0.05) is 16.5 Å². The van der Waals surface area contributed by atoms with E-state index in [9.17, 15) is 10.1 Å². The smallest absolute Gasteiger partial charge is 0.313 e. The first-order valence-corrected chi connectivity index (χ1v) is 3.87. The molecular weight excluding hydrogens is 194 g/mol. The summed E-state index contributed by atoms with van der Waals surface area (Å²) in [5.41, 5.74) is 0.155. The van der Waals surface area contributed by atoms with Crippen molar-refractivity contribution in [2.24, 2.45) is 0 Å². The van der Waals surface area contributed by atoms with Crippen LogP contribution in [0.5, 0.6) is 0 Å². The van der Waals surface area contributed by atoms with Crippen LogP contribution in [0.2, 0.25) is 5.02 Å². The standard InChI is InChI=1S/C8H4ClNO3/c9-6-3-5-1-2-13-8(5)7(4-6)10(11)12/h1-4H. The van der Waals surface area contributed by atoms with Gasteiger partial charge in [-0.05, 0) is 12.1 Å². The highest BCUT2D eigenvalue weighted by molar-refractivity contribution is 6.31. The fourth-order valence-electron chi connectivity index (χ4n) is 1.16. The molecule has 1 aromatic heterocycles. The normalized spacial score (nSPS) is 10.5. The quantitative estimate of drug-likeness (QED) is 0.522. The van der Waals surface area contributed by atoms with Crippen molar-refractivity contribution >= 4 is 28.3 Å². The zero-order valence-corrected chi connectivity index (χ0v) is 7.12. The molecular formula is C8H4ClNO3. The summed E-state index contributed by atoms with van der Waals surface area (Å²) in [7, 11) is 0. The van der Waals surface area contributed by atoms with Gasteiger partial charge >= 0.3 is 5.69 Å². The number of rotatable bonds is 1. The van der Waals surface area contributed by atoms with E-state index in [4.69, 9.17) is 16.0 Å². The monoisotopic (exact) mass is 197 g/mol. The Labute approximate surface area is 77.9 Å². The highest BCUT2D eigenvalue weighted by atomic mass is 35.5. The van der Waals surface area contributed by atoms with Gasteiger partial charge in [0.2, 0.25) is 5.58 Å². The topological polar surface area (TPSA) is 56.3 Å². The summed E-state index contributed by atoms with van der Waals surface area (Å²) < 4.78 is 4.97. The van der Waals surface area contributed by atoms with Gasteiger partial charge in [0.15, 0.2) is 0 Å². The van der Waals surface area contributed by atoms with Crippen molar-refractivity contribution in [3.05, 3.63) is 39.6 Å². The van der Waals surface area contributed by atoms with Gasteiger partial charge in [-0.1, -0.05) is 11.6 Å². The van der Waals surface area contributed by atoms with Crippen LogP contribution in [0.25, 0.3) is 11.0 Å². The van der Waals surface area contributed by atoms with Crippen LogP contribution in [0.4, 0.5) is 5.69 Å². The number of non-ortho nitro benzene ring substituents is 1. The van der Waals surface area contributed by atoms with Crippen LogP contribution >= 0.6 is 11.6 Å². The Bertz CT molecular complexity index is 477. The van der Waals surface area contributed by atoms with E-state index in [1.54, 1.807) is 12.1 Å². The Hall–Kier alpha value is -1.55. The molecule has 13 heavy (non-hydrogen) atoms. The zero-order valence-electron chi connectivity index (χ0n) is 6.36. The Kier molecular flexibility index (Phi) is 1.70. The molecule has 0 aliphatic rings. The van der Waals surface area contributed by atoms with Gasteiger partial charge in [-0.3, -0.25) is 10.1 Å². The van der Waals surface area contributed by atoms with E-state index in [1.165, 1.54) is 12.3 Å². The zero-order chi connectivity index (χ0) is 9.42. The summed E-state index contributed by atoms with van der Waals surface area (Å²) in [6, 6.07) is 4.52. The number of nitro groups is 1. The molecule has 5 heteroatoms. The lowest BCUT2D eigenvalue weighted by molar-refractivity contribution is -0.383. The first-order valence-electron chi connectivity index (χ1n) is 3.49. The van der Waals surface area contributed by atoms with E-state index in [0.29, 0.717) is 10.4 Å². The molecule has 0 atom stereocenters. The van der Waals surface area contributed by atoms with Crippen molar-refractivity contribution in [2.75, 3.05) is 0 Å². The minimum atomic E-state index is -0.516. The summed E-state index contributed by atoms with van der Waals surface area (Å²) in [5, 5.41) is 11.5. The lowest BCUT2D eigenvalue weighted by atomic mass is 10.2. The molecule has 0 fully saturated rings. The molecule has 1 aromatic carbocycles. The van der Waals surface area contributed by atoms with Crippen LogP contribution in [-0.2, 0) is 0 Å². The summed E-state index contributed by atoms with van der Waals surface area (Å²) >= 11 is 5.68. The minimum absolute atomic E-state index is 0.104. The molecule has 0 N–H and O–H groups in total. The molecule has 66 valence electrons. The largest absolute Gasteiger partial charge is 0.457 e. The molecule has 0 unspecified atom stereocenters. The van der Waals surface area contributed by atoms with Crippen molar-refractivity contribution in [3.63, 3.8) is 0 Å². The van der Waals surface area contributed by atoms with Crippen LogP contribution in [0, 0.1) is 10.1 Å². The predicted octanol–water partition coefficient (Wildman–Crippen LogP) is 2.99. The number of fused-ring (bicyclic) bond motifs is 1. The van der Waals surface area contributed by atoms with Crippen LogP contribution in [0.15, 0.2) is 28.9 Å². The van der Waals surface area contributed by atoms with Gasteiger partial charge in [0.1, 0.15) is 0 Å². The molecule has 1 heterocycles. The maximum absolute atomic E-state index is 10.6. The first kappa shape index (κ1) is 8.07. The maximum Gasteiger partial charge on any atom is 0.313 e. The van der Waals surface area contributed by atoms with E-state index in [0.717, 1.165) is 0 Å². The number of nitro benzene ring substituents is 1. The fourth-order valence-corrected chi connectivity index (χ4v) is 1.38. The van der Waals surface area contributed by atoms with Crippen LogP contribution in [0.1, 0.15) is 0 Å². The lowest BCUT2D eigenvalue weighted by Gasteiger charge is -1.93. The van der Waals surface area contributed by atoms with E-state index in [1.807, 2.05) is 0 Å². The van der Waals surface area contributed by atoms with Gasteiger partial charge in [-0.2, -0.15) is 0 Å². The Morgan fingerprint density at radius 2 is 2.23 bits per heavy atom. The van der Waals surface area contributed by atoms with E-state index in [-0.39, 0.29) is 11.3 Å². The number of hydrogen-bond acceptors (Lipinski definition) is 3. The second-order valence-electron chi connectivity index (χ2n) is 2.52. The van der Waals surface area contributed by atoms with Crippen LogP contribution in [0.3, 0.4) is 0 Å². The highest BCUT2D eigenvalue weighted by Gasteiger charge is 2.15. The number of halogens is 1. The van der Waals surface area contributed by atoms with E-state index >= 15 is 0 Å². The fraction of sp³-hybridized carbons (Fsp3) is 0. The van der Waals surface area contributed by atoms with Crippen LogP contribution in [-0.4, -0.2) is 4.92 Å². The number of hydrogen-bond donors (Lipinski definition) is 0. The summed E-state index contributed by atoms with van der Waals surface area (Å²) in [5.74, 6) is 0. The van der Waals surface area contributed by atoms with Gasteiger partial charge in [0.25, 0.3) is 0 Å². The molecule has 2 rings (SSSR count). The molecule has 2 aromatic rings. The first-order chi connectivity index (χ1) is 6.18. The Balaban J connectivity index is 2.84. The molecule has 0 spiro atoms. The average molecular weight is 198 g/mol. The van der Waals surface area contributed by atoms with Gasteiger partial charge in [0.05, 0.1) is 11.2 Å². The number of furan rings is 1. The van der Waals surface area contributed by atoms with Crippen molar-refractivity contribution in [3.8, 4) is 0 Å². The third-order valence-corrected chi connectivity index (χ3v) is 1.91. The molecule has 0 aliphatic heterocycles. The number of benzene rings is 1. The van der Waals surface area contributed by atoms with E-state index < -0.39 is 4.92 Å². The molecule has 0 saturated heterocycles. The predicted molar refractivity (Wildman–Crippen MR) is 47.9 cm³/mol. The second-order valence-corrected chi connectivity index (χ2v) is 2.96. The molecule has 0 bridgehead atoms. The third kappa shape index (κ3) is 1.25. The van der Waals surface area contributed by atoms with Crippen molar-refractivity contribution in [2.45, 2.75) is 0 Å². The lowest BCUT2D eigenvalue weighted by Crippen LogP contribution is -1.87. The van der Waals surface area contributed by atoms with Crippen molar-refractivity contribution < 1.29 is 9.34 Å². The molecule has 0 aliphatic carbocycles. The van der Waals surface area contributed by atoms with Gasteiger partial charge < -0.3 is 4.42 Å². The second kappa shape index (κ2) is 2.74. The van der Waals surface area contributed by atoms with Gasteiger partial charge in [-0.25, -0.2) is 0 Å². The minimum Gasteiger partial charge on any atom is -0.457 e. The molecule has 0 saturated carbocycles. The molecule has 0 radical (unpaired) electrons. The molecule has 4 nitrogen and oxygen atoms in total. The Morgan fingerprint density at radius 3 is 2.92 bits per heavy atom. The van der Waals surface area contributed by atoms with E-state index in [2.05, 4.69) is 0 Å². The van der Waals surface area contributed by atoms with Gasteiger partial charge in [-0.15, -0.1) is 0 Å². The van der Waals surface area contributed by atoms with Crippen molar-refractivity contribution in [1.29, 1.82) is 0 Å². The number of nitrogens with zero attached hydrogens (tertiary/aromatic N) is 1. The Morgan fingerprint density at radius 1 is 1.46 bits per heavy atom. The summed E-state index contributed by atoms with van der Waals surface area (Å²) in [4.78, 5) is 10.0. The van der Waals surface area contributed by atoms with Crippen molar-refractivity contribution in [1.82, 2.24) is 0 Å². The summed E-state index contributed by atoms with van der Waals surface area (Å²) in [6.07, 6.45) is 1.40. The van der Waals surface area contributed by atoms with Crippen LogP contribution < -0.4 is 0 Å². The maximum atomic E-state index is 10.6. The third-order valence-electron chi connectivity index (χ3n) is 1.69.